The van der Waals surface area contributed by atoms with E-state index in [9.17, 15) is 8.42 Å². The highest BCUT2D eigenvalue weighted by Gasteiger charge is 2.12. The normalized spacial score (nSPS) is 8.92. The van der Waals surface area contributed by atoms with Crippen molar-refractivity contribution in [2.75, 3.05) is 0 Å². The molecule has 2 aromatic carbocycles. The fourth-order valence-electron chi connectivity index (χ4n) is 1.27. The van der Waals surface area contributed by atoms with Gasteiger partial charge in [-0.2, -0.15) is 19.8 Å². The quantitative estimate of drug-likeness (QED) is 0.600. The van der Waals surface area contributed by atoms with Crippen LogP contribution in [0.2, 0.25) is 5.02 Å². The molecule has 0 fully saturated rings. The Bertz CT molecular complexity index is 692. The number of halogens is 1. The fourth-order valence-corrected chi connectivity index (χ4v) is 2.71. The first kappa shape index (κ1) is 24.5. The van der Waals surface area contributed by atoms with Crippen LogP contribution in [0.25, 0.3) is 0 Å². The first-order valence-corrected chi connectivity index (χ1v) is 8.97. The van der Waals surface area contributed by atoms with Crippen LogP contribution in [0.1, 0.15) is 0 Å². The molecule has 0 unspecified atom stereocenters. The molecular weight excluding hydrogens is 370 g/mol. The first-order chi connectivity index (χ1) is 10.5. The molecule has 3 aromatic rings. The highest BCUT2D eigenvalue weighted by Crippen LogP contribution is 2.19. The molecule has 8 heteroatoms. The molecule has 6 N–H and O–H groups in total. The molecular formula is C16H20ClNO4S2. The molecule has 1 heterocycles. The van der Waals surface area contributed by atoms with Crippen LogP contribution in [-0.2, 0) is 10.1 Å². The molecule has 0 saturated heterocycles. The van der Waals surface area contributed by atoms with Crippen LogP contribution in [0.3, 0.4) is 0 Å². The predicted molar refractivity (Wildman–Crippen MR) is 101 cm³/mol. The van der Waals surface area contributed by atoms with Gasteiger partial charge in [-0.3, -0.25) is 4.55 Å². The molecule has 1 aromatic heterocycles. The molecule has 0 aliphatic rings. The summed E-state index contributed by atoms with van der Waals surface area (Å²) < 4.78 is 29.6. The summed E-state index contributed by atoms with van der Waals surface area (Å²) in [5.41, 5.74) is 0. The van der Waals surface area contributed by atoms with Crippen molar-refractivity contribution in [1.29, 1.82) is 0 Å². The van der Waals surface area contributed by atoms with E-state index in [1.165, 1.54) is 18.2 Å². The Morgan fingerprint density at radius 2 is 1.21 bits per heavy atom. The minimum Gasteiger partial charge on any atom is -0.412 e. The third kappa shape index (κ3) is 10.9. The molecule has 0 atom stereocenters. The molecule has 24 heavy (non-hydrogen) atoms. The summed E-state index contributed by atoms with van der Waals surface area (Å²) in [6, 6.07) is 21.7. The summed E-state index contributed by atoms with van der Waals surface area (Å²) in [6.07, 6.45) is 0. The monoisotopic (exact) mass is 389 g/mol. The Labute approximate surface area is 151 Å². The summed E-state index contributed by atoms with van der Waals surface area (Å²) in [6.45, 7) is 0. The van der Waals surface area contributed by atoms with Gasteiger partial charge in [0.15, 0.2) is 0 Å². The van der Waals surface area contributed by atoms with Gasteiger partial charge in [-0.25, -0.2) is 0 Å². The smallest absolute Gasteiger partial charge is 0.296 e. The molecule has 0 bridgehead atoms. The zero-order chi connectivity index (χ0) is 16.3. The topological polar surface area (TPSA) is 121 Å². The SMILES string of the molecule is N.O.O=S(=O)(O)c1ccccc1Cl.c1ccccc1.c1ccsc1. The van der Waals surface area contributed by atoms with E-state index in [-0.39, 0.29) is 21.5 Å². The minimum atomic E-state index is -4.17. The van der Waals surface area contributed by atoms with Crippen LogP contribution in [0.15, 0.2) is 88.5 Å². The lowest BCUT2D eigenvalue weighted by atomic mass is 10.4. The van der Waals surface area contributed by atoms with E-state index in [4.69, 9.17) is 16.2 Å². The van der Waals surface area contributed by atoms with E-state index < -0.39 is 10.1 Å². The number of hydrogen-bond donors (Lipinski definition) is 2. The lowest BCUT2D eigenvalue weighted by Crippen LogP contribution is -1.97. The summed E-state index contributed by atoms with van der Waals surface area (Å²) in [5.74, 6) is 0. The first-order valence-electron chi connectivity index (χ1n) is 6.21. The van der Waals surface area contributed by atoms with Crippen LogP contribution in [0, 0.1) is 0 Å². The van der Waals surface area contributed by atoms with E-state index in [2.05, 4.69) is 0 Å². The maximum Gasteiger partial charge on any atom is 0.296 e. The van der Waals surface area contributed by atoms with Crippen molar-refractivity contribution in [2.24, 2.45) is 0 Å². The van der Waals surface area contributed by atoms with Crippen LogP contribution >= 0.6 is 22.9 Å². The molecule has 3 rings (SSSR count). The Kier molecular flexibility index (Phi) is 14.0. The third-order valence-corrected chi connectivity index (χ3v) is 4.19. The average molecular weight is 390 g/mol. The van der Waals surface area contributed by atoms with Gasteiger partial charge in [0, 0.05) is 0 Å². The molecule has 0 amide bonds. The molecule has 132 valence electrons. The van der Waals surface area contributed by atoms with Gasteiger partial charge in [0.2, 0.25) is 0 Å². The Morgan fingerprint density at radius 3 is 1.46 bits per heavy atom. The van der Waals surface area contributed by atoms with E-state index in [1.807, 2.05) is 59.3 Å². The zero-order valence-corrected chi connectivity index (χ0v) is 15.1. The third-order valence-electron chi connectivity index (χ3n) is 2.21. The number of rotatable bonds is 1. The predicted octanol–water partition coefficient (Wildman–Crippen LogP) is 4.36. The summed E-state index contributed by atoms with van der Waals surface area (Å²) in [5, 5.41) is 4.11. The van der Waals surface area contributed by atoms with Gasteiger partial charge in [0.05, 0.1) is 5.02 Å². The fraction of sp³-hybridized carbons (Fsp3) is 0. The summed E-state index contributed by atoms with van der Waals surface area (Å²) >= 11 is 7.18. The second kappa shape index (κ2) is 13.7. The maximum atomic E-state index is 10.5. The highest BCUT2D eigenvalue weighted by atomic mass is 35.5. The molecule has 0 radical (unpaired) electrons. The average Bonchev–Trinajstić information content (AvgIpc) is 3.08. The molecule has 0 aliphatic heterocycles. The van der Waals surface area contributed by atoms with Crippen molar-refractivity contribution in [3.8, 4) is 0 Å². The molecule has 5 nitrogen and oxygen atoms in total. The van der Waals surface area contributed by atoms with Gasteiger partial charge < -0.3 is 11.6 Å². The maximum absolute atomic E-state index is 10.5. The second-order valence-corrected chi connectivity index (χ2v) is 6.47. The van der Waals surface area contributed by atoms with Gasteiger partial charge in [0.25, 0.3) is 10.1 Å². The zero-order valence-electron chi connectivity index (χ0n) is 12.7. The van der Waals surface area contributed by atoms with E-state index in [0.717, 1.165) is 0 Å². The van der Waals surface area contributed by atoms with Crippen LogP contribution in [-0.4, -0.2) is 18.4 Å². The second-order valence-electron chi connectivity index (χ2n) is 3.85. The highest BCUT2D eigenvalue weighted by molar-refractivity contribution is 7.86. The van der Waals surface area contributed by atoms with E-state index >= 15 is 0 Å². The van der Waals surface area contributed by atoms with Gasteiger partial charge in [0.1, 0.15) is 4.90 Å². The van der Waals surface area contributed by atoms with Gasteiger partial charge in [-0.15, -0.1) is 0 Å². The van der Waals surface area contributed by atoms with Crippen LogP contribution in [0.4, 0.5) is 0 Å². The van der Waals surface area contributed by atoms with Crippen molar-refractivity contribution < 1.29 is 18.4 Å². The Morgan fingerprint density at radius 1 is 0.792 bits per heavy atom. The van der Waals surface area contributed by atoms with Crippen molar-refractivity contribution >= 4 is 33.1 Å². The Balaban J connectivity index is 0. The molecule has 0 spiro atoms. The Hall–Kier alpha value is -1.74. The van der Waals surface area contributed by atoms with E-state index in [0.29, 0.717) is 0 Å². The standard InChI is InChI=1S/C6H5ClO3S.C6H6.C4H4S.H3N.H2O/c7-5-3-1-2-4-6(5)11(8,9)10;1-2-4-6-5-3-1;1-2-4-5-3-1;;/h1-4H,(H,8,9,10);1-6H;1-4H;1H3;1H2. The number of benzene rings is 2. The van der Waals surface area contributed by atoms with Crippen molar-refractivity contribution in [2.45, 2.75) is 4.90 Å². The minimum absolute atomic E-state index is 0. The van der Waals surface area contributed by atoms with Crippen LogP contribution < -0.4 is 6.15 Å². The summed E-state index contributed by atoms with van der Waals surface area (Å²) in [7, 11) is -4.17. The lowest BCUT2D eigenvalue weighted by Gasteiger charge is -1.97. The van der Waals surface area contributed by atoms with Crippen molar-refractivity contribution in [3.05, 3.63) is 88.6 Å². The van der Waals surface area contributed by atoms with Crippen molar-refractivity contribution in [3.63, 3.8) is 0 Å². The van der Waals surface area contributed by atoms with Gasteiger partial charge in [-0.05, 0) is 22.9 Å². The number of hydrogen-bond acceptors (Lipinski definition) is 4. The number of thiophene rings is 1. The van der Waals surface area contributed by atoms with E-state index in [1.54, 1.807) is 17.4 Å². The molecule has 0 aliphatic carbocycles. The van der Waals surface area contributed by atoms with Gasteiger partial charge in [-0.1, -0.05) is 72.3 Å². The summed E-state index contributed by atoms with van der Waals surface area (Å²) in [4.78, 5) is -0.262. The van der Waals surface area contributed by atoms with Crippen LogP contribution in [0.5, 0.6) is 0 Å². The van der Waals surface area contributed by atoms with Crippen molar-refractivity contribution in [1.82, 2.24) is 6.15 Å². The van der Waals surface area contributed by atoms with Gasteiger partial charge >= 0.3 is 0 Å². The largest absolute Gasteiger partial charge is 0.412 e. The lowest BCUT2D eigenvalue weighted by molar-refractivity contribution is 0.483. The molecule has 0 saturated carbocycles.